The quantitative estimate of drug-likeness (QED) is 0.526. The molecule has 0 spiro atoms. The number of benzene rings is 1. The highest BCUT2D eigenvalue weighted by atomic mass is 33.1. The minimum absolute atomic E-state index is 0.332. The van der Waals surface area contributed by atoms with E-state index in [9.17, 15) is 4.79 Å². The second kappa shape index (κ2) is 9.62. The number of carbonyl (C=O) groups excluding carboxylic acids is 1. The van der Waals surface area contributed by atoms with Gasteiger partial charge in [-0.2, -0.15) is 0 Å². The van der Waals surface area contributed by atoms with Crippen LogP contribution in [-0.4, -0.2) is 55.1 Å². The molecule has 0 aromatic heterocycles. The molecule has 138 valence electrons. The second-order valence-corrected chi connectivity index (χ2v) is 9.43. The average molecular weight is 381 g/mol. The van der Waals surface area contributed by atoms with Gasteiger partial charge in [0.25, 0.3) is 0 Å². The third kappa shape index (κ3) is 5.48. The molecule has 0 N–H and O–H groups in total. The van der Waals surface area contributed by atoms with Crippen molar-refractivity contribution in [3.63, 3.8) is 0 Å². The zero-order chi connectivity index (χ0) is 17.5. The number of anilines is 1. The normalized spacial score (nSPS) is 20.8. The number of methoxy groups -OCH3 is 1. The van der Waals surface area contributed by atoms with Crippen molar-refractivity contribution in [3.8, 4) is 5.75 Å². The molecule has 25 heavy (non-hydrogen) atoms. The zero-order valence-electron chi connectivity index (χ0n) is 15.0. The van der Waals surface area contributed by atoms with Crippen molar-refractivity contribution in [2.24, 2.45) is 0 Å². The maximum absolute atomic E-state index is 12.4. The first-order valence-corrected chi connectivity index (χ1v) is 11.6. The molecule has 0 radical (unpaired) electrons. The lowest BCUT2D eigenvalue weighted by atomic mass is 10.1. The van der Waals surface area contributed by atoms with Crippen molar-refractivity contribution in [2.75, 3.05) is 43.9 Å². The summed E-state index contributed by atoms with van der Waals surface area (Å²) in [4.78, 5) is 16.8. The molecule has 2 fully saturated rings. The Morgan fingerprint density at radius 3 is 2.80 bits per heavy atom. The summed E-state index contributed by atoms with van der Waals surface area (Å²) in [5.41, 5.74) is 1.18. The number of hydrogen-bond acceptors (Lipinski definition) is 5. The lowest BCUT2D eigenvalue weighted by molar-refractivity contribution is -0.131. The first-order chi connectivity index (χ1) is 12.3. The third-order valence-electron chi connectivity index (χ3n) is 4.94. The van der Waals surface area contributed by atoms with Gasteiger partial charge in [0.05, 0.1) is 7.11 Å². The second-order valence-electron chi connectivity index (χ2n) is 6.64. The van der Waals surface area contributed by atoms with E-state index in [0.717, 1.165) is 43.6 Å². The van der Waals surface area contributed by atoms with Crippen LogP contribution in [0.5, 0.6) is 5.75 Å². The SMILES string of the molecule is COc1cccc(N2CCN(C(=O)CCCCC3CCSS3)CC2)c1. The summed E-state index contributed by atoms with van der Waals surface area (Å²) in [6, 6.07) is 8.16. The van der Waals surface area contributed by atoms with Crippen LogP contribution < -0.4 is 9.64 Å². The van der Waals surface area contributed by atoms with Gasteiger partial charge < -0.3 is 14.5 Å². The summed E-state index contributed by atoms with van der Waals surface area (Å²) in [7, 11) is 5.73. The minimum Gasteiger partial charge on any atom is -0.497 e. The van der Waals surface area contributed by atoms with Gasteiger partial charge >= 0.3 is 0 Å². The zero-order valence-corrected chi connectivity index (χ0v) is 16.6. The standard InChI is InChI=1S/C19H28N2O2S2/c1-23-17-6-4-5-16(15-17)20-10-12-21(13-11-20)19(22)8-3-2-7-18-9-14-24-25-18/h4-6,15,18H,2-3,7-14H2,1H3. The van der Waals surface area contributed by atoms with Gasteiger partial charge in [0.2, 0.25) is 5.91 Å². The number of nitrogens with zero attached hydrogens (tertiary/aromatic N) is 2. The van der Waals surface area contributed by atoms with Crippen molar-refractivity contribution in [1.82, 2.24) is 4.90 Å². The molecule has 1 atom stereocenters. The Morgan fingerprint density at radius 1 is 1.24 bits per heavy atom. The molecule has 4 nitrogen and oxygen atoms in total. The highest BCUT2D eigenvalue weighted by molar-refractivity contribution is 8.77. The summed E-state index contributed by atoms with van der Waals surface area (Å²) >= 11 is 0. The summed E-state index contributed by atoms with van der Waals surface area (Å²) in [5, 5.41) is 0.825. The van der Waals surface area contributed by atoms with Crippen LogP contribution in [0.3, 0.4) is 0 Å². The van der Waals surface area contributed by atoms with Crippen LogP contribution in [0.4, 0.5) is 5.69 Å². The fraction of sp³-hybridized carbons (Fsp3) is 0.632. The lowest BCUT2D eigenvalue weighted by Gasteiger charge is -2.36. The largest absolute Gasteiger partial charge is 0.497 e. The molecule has 3 rings (SSSR count). The molecular weight excluding hydrogens is 352 g/mol. The number of ether oxygens (including phenoxy) is 1. The van der Waals surface area contributed by atoms with E-state index < -0.39 is 0 Å². The van der Waals surface area contributed by atoms with Crippen LogP contribution in [0, 0.1) is 0 Å². The van der Waals surface area contributed by atoms with Gasteiger partial charge in [0.15, 0.2) is 0 Å². The molecule has 2 aliphatic rings. The first kappa shape index (κ1) is 18.8. The van der Waals surface area contributed by atoms with Gasteiger partial charge in [-0.05, 0) is 31.4 Å². The van der Waals surface area contributed by atoms with E-state index in [1.165, 1.54) is 30.7 Å². The van der Waals surface area contributed by atoms with Crippen LogP contribution in [0.2, 0.25) is 0 Å². The maximum Gasteiger partial charge on any atom is 0.222 e. The van der Waals surface area contributed by atoms with Crippen LogP contribution in [0.25, 0.3) is 0 Å². The van der Waals surface area contributed by atoms with Gasteiger partial charge in [-0.15, -0.1) is 0 Å². The maximum atomic E-state index is 12.4. The predicted molar refractivity (Wildman–Crippen MR) is 109 cm³/mol. The monoisotopic (exact) mass is 380 g/mol. The van der Waals surface area contributed by atoms with E-state index in [2.05, 4.69) is 17.0 Å². The molecule has 1 unspecified atom stereocenters. The molecule has 1 aromatic carbocycles. The predicted octanol–water partition coefficient (Wildman–Crippen LogP) is 4.06. The molecule has 6 heteroatoms. The van der Waals surface area contributed by atoms with Crippen LogP contribution in [-0.2, 0) is 4.79 Å². The third-order valence-corrected chi connectivity index (χ3v) is 7.95. The Balaban J connectivity index is 1.36. The molecule has 1 aromatic rings. The molecule has 1 amide bonds. The van der Waals surface area contributed by atoms with E-state index in [1.54, 1.807) is 7.11 Å². The van der Waals surface area contributed by atoms with E-state index in [-0.39, 0.29) is 0 Å². The van der Waals surface area contributed by atoms with Gasteiger partial charge in [-0.1, -0.05) is 34.1 Å². The van der Waals surface area contributed by atoms with Crippen molar-refractivity contribution in [1.29, 1.82) is 0 Å². The smallest absolute Gasteiger partial charge is 0.222 e. The molecule has 0 bridgehead atoms. The number of rotatable bonds is 7. The molecule has 2 aliphatic heterocycles. The molecule has 2 heterocycles. The van der Waals surface area contributed by atoms with Crippen LogP contribution in [0.1, 0.15) is 32.1 Å². The Bertz CT molecular complexity index is 556. The Morgan fingerprint density at radius 2 is 2.08 bits per heavy atom. The van der Waals surface area contributed by atoms with Gasteiger partial charge in [0, 0.05) is 55.4 Å². The fourth-order valence-electron chi connectivity index (χ4n) is 3.39. The van der Waals surface area contributed by atoms with Crippen molar-refractivity contribution in [3.05, 3.63) is 24.3 Å². The van der Waals surface area contributed by atoms with Crippen molar-refractivity contribution >= 4 is 33.2 Å². The van der Waals surface area contributed by atoms with Crippen molar-refractivity contribution < 1.29 is 9.53 Å². The summed E-state index contributed by atoms with van der Waals surface area (Å²) in [6.07, 6.45) is 5.55. The number of unbranched alkanes of at least 4 members (excludes halogenated alkanes) is 1. The van der Waals surface area contributed by atoms with E-state index in [0.29, 0.717) is 12.3 Å². The van der Waals surface area contributed by atoms with Crippen LogP contribution >= 0.6 is 21.6 Å². The Hall–Kier alpha value is -1.01. The van der Waals surface area contributed by atoms with Crippen molar-refractivity contribution in [2.45, 2.75) is 37.4 Å². The first-order valence-electron chi connectivity index (χ1n) is 9.21. The lowest BCUT2D eigenvalue weighted by Crippen LogP contribution is -2.48. The number of amides is 1. The van der Waals surface area contributed by atoms with Gasteiger partial charge in [0.1, 0.15) is 5.75 Å². The summed E-state index contributed by atoms with van der Waals surface area (Å²) < 4.78 is 5.30. The molecule has 0 aliphatic carbocycles. The highest BCUT2D eigenvalue weighted by Gasteiger charge is 2.21. The summed E-state index contributed by atoms with van der Waals surface area (Å²) in [6.45, 7) is 3.44. The van der Waals surface area contributed by atoms with E-state index in [1.807, 2.05) is 38.6 Å². The molecular formula is C19H28N2O2S2. The number of piperazine rings is 1. The summed E-state index contributed by atoms with van der Waals surface area (Å²) in [5.74, 6) is 2.51. The molecule has 0 saturated carbocycles. The minimum atomic E-state index is 0.332. The van der Waals surface area contributed by atoms with Gasteiger partial charge in [-0.25, -0.2) is 0 Å². The average Bonchev–Trinajstić information content (AvgIpc) is 3.19. The number of hydrogen-bond donors (Lipinski definition) is 0. The van der Waals surface area contributed by atoms with Crippen LogP contribution in [0.15, 0.2) is 24.3 Å². The Labute approximate surface area is 159 Å². The van der Waals surface area contributed by atoms with E-state index >= 15 is 0 Å². The Kier molecular flexibility index (Phi) is 7.23. The molecule has 2 saturated heterocycles. The van der Waals surface area contributed by atoms with E-state index in [4.69, 9.17) is 4.74 Å². The number of carbonyl (C=O) groups is 1. The highest BCUT2D eigenvalue weighted by Crippen LogP contribution is 2.39. The fourth-order valence-corrected chi connectivity index (χ4v) is 6.42. The topological polar surface area (TPSA) is 32.8 Å². The van der Waals surface area contributed by atoms with Gasteiger partial charge in [-0.3, -0.25) is 4.79 Å².